The molecule has 0 bridgehead atoms. The zero-order valence-corrected chi connectivity index (χ0v) is 16.4. The molecule has 1 aliphatic carbocycles. The lowest BCUT2D eigenvalue weighted by molar-refractivity contribution is 0.300. The molecule has 2 unspecified atom stereocenters. The molecule has 0 fully saturated rings. The number of hydrogen-bond acceptors (Lipinski definition) is 6. The molecule has 3 aromatic rings. The summed E-state index contributed by atoms with van der Waals surface area (Å²) < 4.78 is 0. The maximum Gasteiger partial charge on any atom is 0.0801 e. The number of aromatic nitrogens is 2. The summed E-state index contributed by atoms with van der Waals surface area (Å²) in [5, 5.41) is 14.2. The number of pyridine rings is 1. The zero-order chi connectivity index (χ0) is 18.1. The van der Waals surface area contributed by atoms with Crippen LogP contribution >= 0.6 is 23.1 Å². The van der Waals surface area contributed by atoms with Crippen molar-refractivity contribution in [2.45, 2.75) is 30.4 Å². The van der Waals surface area contributed by atoms with Crippen LogP contribution in [0.3, 0.4) is 0 Å². The summed E-state index contributed by atoms with van der Waals surface area (Å²) in [5.41, 5.74) is 6.23. The van der Waals surface area contributed by atoms with Crippen LogP contribution in [-0.2, 0) is 6.42 Å². The first-order valence-corrected chi connectivity index (χ1v) is 10.5. The van der Waals surface area contributed by atoms with E-state index in [4.69, 9.17) is 0 Å². The lowest BCUT2D eigenvalue weighted by Gasteiger charge is -2.22. The van der Waals surface area contributed by atoms with Crippen LogP contribution in [0.1, 0.15) is 24.4 Å². The predicted octanol–water partition coefficient (Wildman–Crippen LogP) is 4.81. The second-order valence-corrected chi connectivity index (χ2v) is 9.09. The van der Waals surface area contributed by atoms with Gasteiger partial charge in [0.25, 0.3) is 0 Å². The number of rotatable bonds is 5. The topological polar surface area (TPSA) is 58.0 Å². The van der Waals surface area contributed by atoms with Gasteiger partial charge in [0.2, 0.25) is 0 Å². The number of allylic oxidation sites excluding steroid dienone is 1. The van der Waals surface area contributed by atoms with Gasteiger partial charge in [0, 0.05) is 43.9 Å². The Hall–Kier alpha value is -1.89. The molecule has 0 saturated carbocycles. The van der Waals surface area contributed by atoms with Gasteiger partial charge in [-0.15, -0.1) is 23.1 Å². The number of thioether (sulfide) groups is 1. The van der Waals surface area contributed by atoms with Crippen LogP contribution in [0.25, 0.3) is 17.0 Å². The summed E-state index contributed by atoms with van der Waals surface area (Å²) in [6.45, 7) is 4.44. The largest absolute Gasteiger partial charge is 0.395 e. The highest BCUT2D eigenvalue weighted by Crippen LogP contribution is 2.34. The molecule has 0 spiro atoms. The lowest BCUT2D eigenvalue weighted by Crippen LogP contribution is -2.15. The van der Waals surface area contributed by atoms with Crippen LogP contribution in [0, 0.1) is 5.92 Å². The van der Waals surface area contributed by atoms with Crippen LogP contribution in [-0.4, -0.2) is 26.9 Å². The van der Waals surface area contributed by atoms with Crippen molar-refractivity contribution in [3.05, 3.63) is 52.2 Å². The van der Waals surface area contributed by atoms with Gasteiger partial charge in [-0.05, 0) is 36.8 Å². The van der Waals surface area contributed by atoms with E-state index in [1.54, 1.807) is 23.1 Å². The quantitative estimate of drug-likeness (QED) is 0.619. The molecule has 0 amide bonds. The molecule has 2 atom stereocenters. The minimum atomic E-state index is 0.168. The van der Waals surface area contributed by atoms with Crippen molar-refractivity contribution in [2.75, 3.05) is 11.9 Å². The highest BCUT2D eigenvalue weighted by molar-refractivity contribution is 8.00. The van der Waals surface area contributed by atoms with E-state index in [9.17, 15) is 5.11 Å². The second-order valence-electron chi connectivity index (χ2n) is 6.64. The van der Waals surface area contributed by atoms with Crippen molar-refractivity contribution >= 4 is 45.8 Å². The maximum absolute atomic E-state index is 9.31. The Labute approximate surface area is 161 Å². The van der Waals surface area contributed by atoms with Crippen LogP contribution in [0.2, 0.25) is 0 Å². The Morgan fingerprint density at radius 2 is 2.23 bits per heavy atom. The van der Waals surface area contributed by atoms with Gasteiger partial charge in [0.1, 0.15) is 0 Å². The molecule has 2 aromatic heterocycles. The number of anilines is 1. The smallest absolute Gasteiger partial charge is 0.0801 e. The van der Waals surface area contributed by atoms with E-state index >= 15 is 0 Å². The summed E-state index contributed by atoms with van der Waals surface area (Å²) in [6, 6.07) is 8.30. The van der Waals surface area contributed by atoms with Crippen LogP contribution < -0.4 is 5.32 Å². The number of hydrogen-bond donors (Lipinski definition) is 2. The normalized spacial score (nSPS) is 17.7. The molecular formula is C20H21N3OS2. The van der Waals surface area contributed by atoms with Gasteiger partial charge in [-0.2, -0.15) is 0 Å². The lowest BCUT2D eigenvalue weighted by atomic mass is 9.95. The minimum Gasteiger partial charge on any atom is -0.395 e. The fourth-order valence-electron chi connectivity index (χ4n) is 3.12. The molecule has 0 radical (unpaired) electrons. The third-order valence-corrected chi connectivity index (χ3v) is 6.52. The van der Waals surface area contributed by atoms with Crippen molar-refractivity contribution in [3.63, 3.8) is 0 Å². The first-order chi connectivity index (χ1) is 12.6. The molecule has 4 nitrogen and oxygen atoms in total. The number of fused-ring (bicyclic) bond motifs is 2. The van der Waals surface area contributed by atoms with Crippen molar-refractivity contribution < 1.29 is 5.11 Å². The molecule has 0 saturated heterocycles. The molecule has 1 aromatic carbocycles. The first-order valence-electron chi connectivity index (χ1n) is 8.71. The SMILES string of the molecule is CC(CO)Sc1ccc2nccc(NC3=Cc4ncsc4CC3C)c2c1. The van der Waals surface area contributed by atoms with Crippen LogP contribution in [0.4, 0.5) is 5.69 Å². The van der Waals surface area contributed by atoms with Crippen molar-refractivity contribution in [2.24, 2.45) is 5.92 Å². The average molecular weight is 384 g/mol. The van der Waals surface area contributed by atoms with E-state index < -0.39 is 0 Å². The average Bonchev–Trinajstić information content (AvgIpc) is 3.09. The fourth-order valence-corrected chi connectivity index (χ4v) is 4.86. The van der Waals surface area contributed by atoms with E-state index in [1.807, 2.05) is 30.8 Å². The van der Waals surface area contributed by atoms with Gasteiger partial charge in [-0.25, -0.2) is 4.98 Å². The van der Waals surface area contributed by atoms with E-state index in [1.165, 1.54) is 10.6 Å². The minimum absolute atomic E-state index is 0.168. The van der Waals surface area contributed by atoms with Gasteiger partial charge in [-0.3, -0.25) is 4.98 Å². The van der Waals surface area contributed by atoms with Gasteiger partial charge in [0.05, 0.1) is 23.3 Å². The summed E-state index contributed by atoms with van der Waals surface area (Å²) in [6.07, 6.45) is 5.03. The van der Waals surface area contributed by atoms with Crippen molar-refractivity contribution in [1.29, 1.82) is 0 Å². The molecule has 134 valence electrons. The van der Waals surface area contributed by atoms with Gasteiger partial charge < -0.3 is 10.4 Å². The number of thiazole rings is 1. The second kappa shape index (κ2) is 7.39. The van der Waals surface area contributed by atoms with Crippen LogP contribution in [0.5, 0.6) is 0 Å². The highest BCUT2D eigenvalue weighted by atomic mass is 32.2. The van der Waals surface area contributed by atoms with Gasteiger partial charge in [-0.1, -0.05) is 13.8 Å². The Morgan fingerprint density at radius 1 is 1.35 bits per heavy atom. The molecule has 0 aliphatic heterocycles. The molecule has 4 rings (SSSR count). The third-order valence-electron chi connectivity index (χ3n) is 4.57. The Bertz CT molecular complexity index is 967. The van der Waals surface area contributed by atoms with Gasteiger partial charge >= 0.3 is 0 Å². The summed E-state index contributed by atoms with van der Waals surface area (Å²) in [4.78, 5) is 11.5. The molecule has 26 heavy (non-hydrogen) atoms. The van der Waals surface area contributed by atoms with Crippen molar-refractivity contribution in [1.82, 2.24) is 9.97 Å². The van der Waals surface area contributed by atoms with E-state index in [0.29, 0.717) is 5.92 Å². The first kappa shape index (κ1) is 17.5. The summed E-state index contributed by atoms with van der Waals surface area (Å²) >= 11 is 3.41. The monoisotopic (exact) mass is 383 g/mol. The number of aliphatic hydroxyl groups is 1. The molecule has 2 heterocycles. The Kier molecular flexibility index (Phi) is 4.98. The van der Waals surface area contributed by atoms with Crippen LogP contribution in [0.15, 0.2) is 46.6 Å². The van der Waals surface area contributed by atoms with E-state index in [-0.39, 0.29) is 11.9 Å². The summed E-state index contributed by atoms with van der Waals surface area (Å²) in [5.74, 6) is 0.429. The number of nitrogens with zero attached hydrogens (tertiary/aromatic N) is 2. The van der Waals surface area contributed by atoms with E-state index in [0.717, 1.165) is 33.6 Å². The van der Waals surface area contributed by atoms with Gasteiger partial charge in [0.15, 0.2) is 0 Å². The standard InChI is InChI=1S/C20H21N3OS2/c1-12-7-20-19(22-11-25-20)9-18(12)23-17-5-6-21-16-4-3-14(8-15(16)17)26-13(2)10-24/h3-6,8-9,11-13,24H,7,10H2,1-2H3,(H,21,23). The van der Waals surface area contributed by atoms with E-state index in [2.05, 4.69) is 40.4 Å². The zero-order valence-electron chi connectivity index (χ0n) is 14.8. The maximum atomic E-state index is 9.31. The van der Waals surface area contributed by atoms with Crippen molar-refractivity contribution in [3.8, 4) is 0 Å². The molecule has 6 heteroatoms. The predicted molar refractivity (Wildman–Crippen MR) is 111 cm³/mol. The number of nitrogens with one attached hydrogen (secondary N) is 1. The molecule has 2 N–H and O–H groups in total. The molecular weight excluding hydrogens is 362 g/mol. The Morgan fingerprint density at radius 3 is 3.08 bits per heavy atom. The number of aliphatic hydroxyl groups excluding tert-OH is 1. The highest BCUT2D eigenvalue weighted by Gasteiger charge is 2.20. The third kappa shape index (κ3) is 3.49. The summed E-state index contributed by atoms with van der Waals surface area (Å²) in [7, 11) is 0. The Balaban J connectivity index is 1.69. The molecule has 1 aliphatic rings. The number of benzene rings is 1. The fraction of sp³-hybridized carbons (Fsp3) is 0.300.